The van der Waals surface area contributed by atoms with Gasteiger partial charge in [0.2, 0.25) is 5.78 Å². The van der Waals surface area contributed by atoms with Gasteiger partial charge in [-0.25, -0.2) is 0 Å². The van der Waals surface area contributed by atoms with Crippen molar-refractivity contribution in [3.63, 3.8) is 0 Å². The first-order valence-electron chi connectivity index (χ1n) is 9.01. The Kier molecular flexibility index (Phi) is 4.83. The molecule has 29 heavy (non-hydrogen) atoms. The van der Waals surface area contributed by atoms with Gasteiger partial charge < -0.3 is 9.47 Å². The third-order valence-electron chi connectivity index (χ3n) is 4.67. The fourth-order valence-electron chi connectivity index (χ4n) is 3.03. The summed E-state index contributed by atoms with van der Waals surface area (Å²) in [5.74, 6) is 1.12. The summed E-state index contributed by atoms with van der Waals surface area (Å²) >= 11 is 0. The molecule has 0 bridgehead atoms. The minimum Gasteiger partial charge on any atom is -0.489 e. The minimum absolute atomic E-state index is 0.0335. The number of hydrogen-bond donors (Lipinski definition) is 0. The maximum absolute atomic E-state index is 12.6. The van der Waals surface area contributed by atoms with Crippen molar-refractivity contribution in [2.45, 2.75) is 13.5 Å². The number of aryl methyl sites for hydroxylation is 1. The lowest BCUT2D eigenvalue weighted by molar-refractivity contribution is -0.384. The molecular formula is C23H17NO5. The van der Waals surface area contributed by atoms with Gasteiger partial charge in [0.15, 0.2) is 5.76 Å². The topological polar surface area (TPSA) is 78.7 Å². The number of carbonyl (C=O) groups is 1. The Bertz CT molecular complexity index is 1130. The molecule has 0 aliphatic carbocycles. The first kappa shape index (κ1) is 18.4. The lowest BCUT2D eigenvalue weighted by Crippen LogP contribution is -1.98. The van der Waals surface area contributed by atoms with E-state index in [4.69, 9.17) is 9.47 Å². The summed E-state index contributed by atoms with van der Waals surface area (Å²) in [6.45, 7) is 2.22. The van der Waals surface area contributed by atoms with Crippen molar-refractivity contribution in [2.24, 2.45) is 0 Å². The number of carbonyl (C=O) groups excluding carboxylic acids is 1. The minimum atomic E-state index is -0.443. The van der Waals surface area contributed by atoms with Crippen LogP contribution in [0.3, 0.4) is 0 Å². The van der Waals surface area contributed by atoms with E-state index in [1.165, 1.54) is 12.1 Å². The zero-order valence-corrected chi connectivity index (χ0v) is 15.6. The quantitative estimate of drug-likeness (QED) is 0.346. The van der Waals surface area contributed by atoms with Crippen LogP contribution in [0, 0.1) is 17.0 Å². The number of non-ortho nitro benzene ring substituents is 1. The molecule has 4 rings (SSSR count). The van der Waals surface area contributed by atoms with E-state index < -0.39 is 4.92 Å². The Hall–Kier alpha value is -3.93. The monoisotopic (exact) mass is 387 g/mol. The average molecular weight is 387 g/mol. The van der Waals surface area contributed by atoms with Gasteiger partial charge in [-0.15, -0.1) is 0 Å². The maximum atomic E-state index is 12.6. The molecule has 0 N–H and O–H groups in total. The number of benzene rings is 3. The fraction of sp³-hybridized carbons (Fsp3) is 0.0870. The number of nitro groups is 1. The molecule has 0 saturated carbocycles. The molecule has 0 unspecified atom stereocenters. The highest BCUT2D eigenvalue weighted by atomic mass is 16.6. The number of rotatable bonds is 5. The lowest BCUT2D eigenvalue weighted by Gasteiger charge is -2.07. The van der Waals surface area contributed by atoms with Crippen LogP contribution < -0.4 is 9.47 Å². The van der Waals surface area contributed by atoms with Gasteiger partial charge in [-0.1, -0.05) is 24.3 Å². The van der Waals surface area contributed by atoms with Crippen molar-refractivity contribution in [2.75, 3.05) is 0 Å². The lowest BCUT2D eigenvalue weighted by atomic mass is 10.1. The van der Waals surface area contributed by atoms with Crippen molar-refractivity contribution in [1.29, 1.82) is 0 Å². The first-order chi connectivity index (χ1) is 14.0. The van der Waals surface area contributed by atoms with E-state index in [9.17, 15) is 14.9 Å². The highest BCUT2D eigenvalue weighted by Crippen LogP contribution is 2.35. The van der Waals surface area contributed by atoms with Gasteiger partial charge in [0.25, 0.3) is 5.69 Å². The molecule has 1 aliphatic heterocycles. The second-order valence-corrected chi connectivity index (χ2v) is 6.67. The van der Waals surface area contributed by atoms with E-state index in [2.05, 4.69) is 0 Å². The third kappa shape index (κ3) is 3.87. The summed E-state index contributed by atoms with van der Waals surface area (Å²) in [4.78, 5) is 22.9. The van der Waals surface area contributed by atoms with Gasteiger partial charge in [-0.3, -0.25) is 14.9 Å². The number of hydrogen-bond acceptors (Lipinski definition) is 5. The summed E-state index contributed by atoms with van der Waals surface area (Å²) in [5, 5.41) is 10.7. The third-order valence-corrected chi connectivity index (χ3v) is 4.67. The second kappa shape index (κ2) is 7.59. The van der Waals surface area contributed by atoms with Gasteiger partial charge in [0, 0.05) is 18.2 Å². The Labute approximate surface area is 167 Å². The molecule has 6 nitrogen and oxygen atoms in total. The molecule has 0 fully saturated rings. The number of Topliss-reactive ketones (excluding diaryl/α,β-unsaturated/α-hetero) is 1. The number of fused-ring (bicyclic) bond motifs is 1. The summed E-state index contributed by atoms with van der Waals surface area (Å²) < 4.78 is 11.5. The molecular weight excluding hydrogens is 370 g/mol. The first-order valence-corrected chi connectivity index (χ1v) is 9.01. The van der Waals surface area contributed by atoms with Crippen molar-refractivity contribution in [3.05, 3.63) is 105 Å². The van der Waals surface area contributed by atoms with E-state index in [1.54, 1.807) is 36.4 Å². The van der Waals surface area contributed by atoms with Gasteiger partial charge in [0.05, 0.1) is 10.5 Å². The molecule has 0 saturated heterocycles. The zero-order chi connectivity index (χ0) is 20.4. The number of allylic oxidation sites excluding steroid dienone is 1. The van der Waals surface area contributed by atoms with Crippen LogP contribution in [0.4, 0.5) is 5.69 Å². The van der Waals surface area contributed by atoms with Crippen molar-refractivity contribution in [3.8, 4) is 11.5 Å². The smallest absolute Gasteiger partial charge is 0.269 e. The predicted molar refractivity (Wildman–Crippen MR) is 108 cm³/mol. The maximum Gasteiger partial charge on any atom is 0.269 e. The summed E-state index contributed by atoms with van der Waals surface area (Å²) in [6.07, 6.45) is 1.75. The standard InChI is InChI=1S/C23H17NO5/c1-15-4-2-3-5-17(15)12-22-23(25)20-11-10-19(13-21(20)29-22)28-14-16-6-8-18(9-7-16)24(26)27/h2-13H,14H2,1H3/b22-12-. The van der Waals surface area contributed by atoms with Crippen LogP contribution in [0.5, 0.6) is 11.5 Å². The van der Waals surface area contributed by atoms with E-state index in [-0.39, 0.29) is 23.8 Å². The Balaban J connectivity index is 1.49. The van der Waals surface area contributed by atoms with Crippen molar-refractivity contribution < 1.29 is 19.2 Å². The van der Waals surface area contributed by atoms with Crippen LogP contribution in [0.1, 0.15) is 27.0 Å². The van der Waals surface area contributed by atoms with E-state index in [0.29, 0.717) is 17.1 Å². The number of ether oxygens (including phenoxy) is 2. The molecule has 3 aromatic rings. The molecule has 0 spiro atoms. The number of nitrogens with zero attached hydrogens (tertiary/aromatic N) is 1. The molecule has 0 radical (unpaired) electrons. The van der Waals surface area contributed by atoms with Gasteiger partial charge in [-0.05, 0) is 54.0 Å². The van der Waals surface area contributed by atoms with Crippen LogP contribution in [-0.2, 0) is 6.61 Å². The van der Waals surface area contributed by atoms with Crippen molar-refractivity contribution in [1.82, 2.24) is 0 Å². The van der Waals surface area contributed by atoms with Gasteiger partial charge >= 0.3 is 0 Å². The van der Waals surface area contributed by atoms with E-state index in [1.807, 2.05) is 31.2 Å². The van der Waals surface area contributed by atoms with E-state index in [0.717, 1.165) is 16.7 Å². The fourth-order valence-corrected chi connectivity index (χ4v) is 3.03. The number of nitro benzene ring substituents is 1. The van der Waals surface area contributed by atoms with Gasteiger partial charge in [0.1, 0.15) is 18.1 Å². The molecule has 1 heterocycles. The van der Waals surface area contributed by atoms with E-state index >= 15 is 0 Å². The highest BCUT2D eigenvalue weighted by Gasteiger charge is 2.27. The van der Waals surface area contributed by atoms with Crippen LogP contribution >= 0.6 is 0 Å². The predicted octanol–water partition coefficient (Wildman–Crippen LogP) is 5.10. The van der Waals surface area contributed by atoms with Crippen LogP contribution in [-0.4, -0.2) is 10.7 Å². The summed E-state index contributed by atoms with van der Waals surface area (Å²) in [5.41, 5.74) is 3.31. The molecule has 144 valence electrons. The Morgan fingerprint density at radius 2 is 1.83 bits per heavy atom. The summed E-state index contributed by atoms with van der Waals surface area (Å²) in [6, 6.07) is 19.0. The van der Waals surface area contributed by atoms with Crippen LogP contribution in [0.25, 0.3) is 6.08 Å². The summed E-state index contributed by atoms with van der Waals surface area (Å²) in [7, 11) is 0. The van der Waals surface area contributed by atoms with Gasteiger partial charge in [-0.2, -0.15) is 0 Å². The SMILES string of the molecule is Cc1ccccc1/C=C1\Oc2cc(OCc3ccc([N+](=O)[O-])cc3)ccc2C1=O. The Morgan fingerprint density at radius 3 is 2.55 bits per heavy atom. The Morgan fingerprint density at radius 1 is 1.07 bits per heavy atom. The molecule has 1 aliphatic rings. The normalized spacial score (nSPS) is 13.8. The highest BCUT2D eigenvalue weighted by molar-refractivity contribution is 6.14. The second-order valence-electron chi connectivity index (χ2n) is 6.67. The zero-order valence-electron chi connectivity index (χ0n) is 15.6. The van der Waals surface area contributed by atoms with Crippen LogP contribution in [0.15, 0.2) is 72.5 Å². The molecule has 0 atom stereocenters. The molecule has 6 heteroatoms. The molecule has 3 aromatic carbocycles. The van der Waals surface area contributed by atoms with Crippen LogP contribution in [0.2, 0.25) is 0 Å². The largest absolute Gasteiger partial charge is 0.489 e. The molecule has 0 aromatic heterocycles. The van der Waals surface area contributed by atoms with Crippen molar-refractivity contribution >= 4 is 17.5 Å². The number of ketones is 1. The molecule has 0 amide bonds. The average Bonchev–Trinajstić information content (AvgIpc) is 3.03.